The highest BCUT2D eigenvalue weighted by Crippen LogP contribution is 2.34. The normalized spacial score (nSPS) is 12.3. The molecule has 2 heterocycles. The third kappa shape index (κ3) is 6.50. The summed E-state index contributed by atoms with van der Waals surface area (Å²) >= 11 is 0. The van der Waals surface area contributed by atoms with Crippen molar-refractivity contribution in [2.24, 2.45) is 0 Å². The van der Waals surface area contributed by atoms with Gasteiger partial charge in [0.05, 0.1) is 29.2 Å². The zero-order valence-electron chi connectivity index (χ0n) is 22.5. The number of hydrogen-bond acceptors (Lipinski definition) is 7. The Hall–Kier alpha value is -4.61. The molecule has 4 rings (SSSR count). The molecule has 2 aromatic heterocycles. The molecule has 0 bridgehead atoms. The van der Waals surface area contributed by atoms with E-state index < -0.39 is 17.8 Å². The Bertz CT molecular complexity index is 1620. The molecule has 2 aromatic carbocycles. The number of halogens is 3. The van der Waals surface area contributed by atoms with Crippen LogP contribution in [-0.4, -0.2) is 32.8 Å². The number of fused-ring (bicyclic) bond motifs is 1. The molecule has 0 aliphatic heterocycles. The Morgan fingerprint density at radius 3 is 2.60 bits per heavy atom. The van der Waals surface area contributed by atoms with Crippen molar-refractivity contribution in [1.82, 2.24) is 19.9 Å². The van der Waals surface area contributed by atoms with Gasteiger partial charge in [-0.15, -0.1) is 0 Å². The van der Waals surface area contributed by atoms with E-state index in [0.29, 0.717) is 45.9 Å². The molecule has 0 spiro atoms. The summed E-state index contributed by atoms with van der Waals surface area (Å²) in [4.78, 5) is 37.2. The summed E-state index contributed by atoms with van der Waals surface area (Å²) in [5.74, 6) is 0.799. The number of aromatic nitrogens is 3. The molecular formula is C28H30F3N7O2. The topological polar surface area (TPSA) is 129 Å². The summed E-state index contributed by atoms with van der Waals surface area (Å²) in [5, 5.41) is 7.16. The monoisotopic (exact) mass is 553 g/mol. The standard InChI is InChI=1S/C28H30F3N7O2/c1-15(19-10-20(28(29,30)31)12-21(32)11-19)35-26-22-9-18(5-6-25(22)36-16(2)37-26)13-34-24-7-8-33-27(40)23(24)14-38(4)17(3)39/h5-12,15H,13-14,32H2,1-4H3,(H2,33,34,40)(H,35,36,37). The van der Waals surface area contributed by atoms with E-state index in [1.54, 1.807) is 27.0 Å². The first-order valence-electron chi connectivity index (χ1n) is 12.5. The van der Waals surface area contributed by atoms with Crippen molar-refractivity contribution in [3.05, 3.63) is 87.1 Å². The maximum absolute atomic E-state index is 13.3. The molecule has 210 valence electrons. The maximum Gasteiger partial charge on any atom is 0.416 e. The number of alkyl halides is 3. The van der Waals surface area contributed by atoms with Crippen LogP contribution in [0.3, 0.4) is 0 Å². The summed E-state index contributed by atoms with van der Waals surface area (Å²) in [5.41, 5.74) is 7.57. The van der Waals surface area contributed by atoms with Crippen LogP contribution in [0.15, 0.2) is 53.5 Å². The lowest BCUT2D eigenvalue weighted by atomic mass is 10.0. The van der Waals surface area contributed by atoms with Gasteiger partial charge in [-0.25, -0.2) is 9.97 Å². The third-order valence-electron chi connectivity index (χ3n) is 6.51. The van der Waals surface area contributed by atoms with Gasteiger partial charge in [-0.1, -0.05) is 6.07 Å². The predicted molar refractivity (Wildman–Crippen MR) is 149 cm³/mol. The van der Waals surface area contributed by atoms with E-state index in [1.807, 2.05) is 18.2 Å². The number of amides is 1. The van der Waals surface area contributed by atoms with Crippen molar-refractivity contribution in [3.63, 3.8) is 0 Å². The molecule has 12 heteroatoms. The van der Waals surface area contributed by atoms with Gasteiger partial charge in [-0.3, -0.25) is 9.59 Å². The van der Waals surface area contributed by atoms with E-state index in [9.17, 15) is 22.8 Å². The van der Waals surface area contributed by atoms with Gasteiger partial charge in [0.1, 0.15) is 11.6 Å². The van der Waals surface area contributed by atoms with Crippen molar-refractivity contribution < 1.29 is 18.0 Å². The highest BCUT2D eigenvalue weighted by atomic mass is 19.4. The molecule has 1 unspecified atom stereocenters. The van der Waals surface area contributed by atoms with Gasteiger partial charge in [-0.2, -0.15) is 13.2 Å². The van der Waals surface area contributed by atoms with Crippen molar-refractivity contribution in [3.8, 4) is 0 Å². The Labute approximate surface area is 228 Å². The van der Waals surface area contributed by atoms with Crippen LogP contribution in [0.1, 0.15) is 48.0 Å². The lowest BCUT2D eigenvalue weighted by Crippen LogP contribution is -2.28. The number of carbonyl (C=O) groups is 1. The summed E-state index contributed by atoms with van der Waals surface area (Å²) in [6, 6.07) is 10.3. The summed E-state index contributed by atoms with van der Waals surface area (Å²) in [7, 11) is 1.62. The van der Waals surface area contributed by atoms with E-state index in [-0.39, 0.29) is 23.7 Å². The second-order valence-corrected chi connectivity index (χ2v) is 9.65. The van der Waals surface area contributed by atoms with Crippen molar-refractivity contribution in [2.75, 3.05) is 23.4 Å². The molecule has 9 nitrogen and oxygen atoms in total. The third-order valence-corrected chi connectivity index (χ3v) is 6.51. The quantitative estimate of drug-likeness (QED) is 0.226. The summed E-state index contributed by atoms with van der Waals surface area (Å²) in [6.45, 7) is 5.39. The van der Waals surface area contributed by atoms with Gasteiger partial charge < -0.3 is 26.3 Å². The van der Waals surface area contributed by atoms with Crippen LogP contribution in [0.5, 0.6) is 0 Å². The molecule has 0 fully saturated rings. The number of nitrogens with two attached hydrogens (primary N) is 1. The lowest BCUT2D eigenvalue weighted by Gasteiger charge is -2.19. The molecule has 0 aliphatic carbocycles. The van der Waals surface area contributed by atoms with E-state index >= 15 is 0 Å². The molecule has 0 saturated carbocycles. The molecule has 4 aromatic rings. The smallest absolute Gasteiger partial charge is 0.399 e. The fourth-order valence-corrected chi connectivity index (χ4v) is 4.27. The molecule has 0 saturated heterocycles. The highest BCUT2D eigenvalue weighted by Gasteiger charge is 2.31. The SMILES string of the molecule is CC(=O)N(C)Cc1c(NCc2ccc3nc(C)nc(NC(C)c4cc(N)cc(C(F)(F)F)c4)c3c2)cc[nH]c1=O. The summed E-state index contributed by atoms with van der Waals surface area (Å²) < 4.78 is 40.0. The van der Waals surface area contributed by atoms with Gasteiger partial charge in [0.25, 0.3) is 5.56 Å². The average molecular weight is 554 g/mol. The molecular weight excluding hydrogens is 523 g/mol. The zero-order chi connectivity index (χ0) is 29.2. The maximum atomic E-state index is 13.3. The fourth-order valence-electron chi connectivity index (χ4n) is 4.27. The average Bonchev–Trinajstić information content (AvgIpc) is 2.88. The Morgan fingerprint density at radius 1 is 1.15 bits per heavy atom. The van der Waals surface area contributed by atoms with E-state index in [4.69, 9.17) is 5.73 Å². The summed E-state index contributed by atoms with van der Waals surface area (Å²) in [6.07, 6.45) is -2.99. The number of nitrogens with zero attached hydrogens (tertiary/aromatic N) is 3. The minimum Gasteiger partial charge on any atom is -0.399 e. The second-order valence-electron chi connectivity index (χ2n) is 9.65. The first kappa shape index (κ1) is 28.4. The molecule has 40 heavy (non-hydrogen) atoms. The molecule has 1 amide bonds. The first-order chi connectivity index (χ1) is 18.8. The number of rotatable bonds is 8. The fraction of sp³-hybridized carbons (Fsp3) is 0.286. The van der Waals surface area contributed by atoms with Crippen LogP contribution in [0.25, 0.3) is 10.9 Å². The van der Waals surface area contributed by atoms with Gasteiger partial charge in [0.15, 0.2) is 0 Å². The molecule has 5 N–H and O–H groups in total. The van der Waals surface area contributed by atoms with Crippen LogP contribution in [-0.2, 0) is 24.1 Å². The number of benzene rings is 2. The van der Waals surface area contributed by atoms with Crippen LogP contribution in [0.2, 0.25) is 0 Å². The number of nitrogen functional groups attached to an aromatic ring is 1. The number of H-pyrrole nitrogens is 1. The minimum absolute atomic E-state index is 0.0178. The predicted octanol–water partition coefficient (Wildman–Crippen LogP) is 4.99. The number of carbonyl (C=O) groups excluding carboxylic acids is 1. The second kappa shape index (κ2) is 11.2. The molecule has 0 aliphatic rings. The van der Waals surface area contributed by atoms with Crippen LogP contribution < -0.4 is 21.9 Å². The largest absolute Gasteiger partial charge is 0.416 e. The Kier molecular flexibility index (Phi) is 7.98. The van der Waals surface area contributed by atoms with Crippen molar-refractivity contribution in [2.45, 2.75) is 46.1 Å². The van der Waals surface area contributed by atoms with Gasteiger partial charge >= 0.3 is 6.18 Å². The minimum atomic E-state index is -4.52. The number of aryl methyl sites for hydroxylation is 1. The number of nitrogens with one attached hydrogen (secondary N) is 3. The highest BCUT2D eigenvalue weighted by molar-refractivity contribution is 5.90. The zero-order valence-corrected chi connectivity index (χ0v) is 22.5. The number of pyridine rings is 1. The van der Waals surface area contributed by atoms with Crippen molar-refractivity contribution in [1.29, 1.82) is 0 Å². The van der Waals surface area contributed by atoms with Crippen LogP contribution in [0, 0.1) is 6.92 Å². The Balaban J connectivity index is 1.62. The first-order valence-corrected chi connectivity index (χ1v) is 12.5. The van der Waals surface area contributed by atoms with E-state index in [2.05, 4.69) is 25.6 Å². The van der Waals surface area contributed by atoms with E-state index in [0.717, 1.165) is 17.7 Å². The van der Waals surface area contributed by atoms with E-state index in [1.165, 1.54) is 24.1 Å². The van der Waals surface area contributed by atoms with Crippen LogP contribution >= 0.6 is 0 Å². The number of aromatic amines is 1. The van der Waals surface area contributed by atoms with Gasteiger partial charge in [0, 0.05) is 43.5 Å². The molecule has 1 atom stereocenters. The Morgan fingerprint density at radius 2 is 1.90 bits per heavy atom. The number of hydrogen-bond donors (Lipinski definition) is 4. The van der Waals surface area contributed by atoms with Crippen LogP contribution in [0.4, 0.5) is 30.4 Å². The number of anilines is 3. The van der Waals surface area contributed by atoms with Gasteiger partial charge in [-0.05, 0) is 61.4 Å². The van der Waals surface area contributed by atoms with Gasteiger partial charge in [0.2, 0.25) is 5.91 Å². The lowest BCUT2D eigenvalue weighted by molar-refractivity contribution is -0.137. The van der Waals surface area contributed by atoms with Crippen molar-refractivity contribution >= 4 is 34.0 Å². The molecule has 0 radical (unpaired) electrons.